The zero-order valence-electron chi connectivity index (χ0n) is 10.1. The molecule has 0 radical (unpaired) electrons. The fraction of sp³-hybridized carbons (Fsp3) is 0.0769. The summed E-state index contributed by atoms with van der Waals surface area (Å²) in [6, 6.07) is 9.45. The molecule has 2 rings (SSSR count). The second kappa shape index (κ2) is 6.08. The van der Waals surface area contributed by atoms with Gasteiger partial charge in [-0.25, -0.2) is 9.78 Å². The van der Waals surface area contributed by atoms with Gasteiger partial charge in [0.15, 0.2) is 0 Å². The molecule has 0 atom stereocenters. The van der Waals surface area contributed by atoms with E-state index in [4.69, 9.17) is 5.73 Å². The van der Waals surface area contributed by atoms with Gasteiger partial charge in [-0.15, -0.1) is 0 Å². The minimum absolute atomic E-state index is 0.312. The molecule has 0 spiro atoms. The van der Waals surface area contributed by atoms with Crippen LogP contribution >= 0.6 is 27.7 Å². The van der Waals surface area contributed by atoms with E-state index in [2.05, 4.69) is 25.7 Å². The maximum absolute atomic E-state index is 11.5. The van der Waals surface area contributed by atoms with Crippen molar-refractivity contribution in [1.82, 2.24) is 4.98 Å². The lowest BCUT2D eigenvalue weighted by Gasteiger charge is -2.06. The highest BCUT2D eigenvalue weighted by Crippen LogP contribution is 2.29. The largest absolute Gasteiger partial charge is 0.465 e. The van der Waals surface area contributed by atoms with Gasteiger partial charge < -0.3 is 10.5 Å². The molecule has 6 heteroatoms. The Kier molecular flexibility index (Phi) is 4.44. The van der Waals surface area contributed by atoms with Crippen molar-refractivity contribution in [1.29, 1.82) is 0 Å². The first-order valence-electron chi connectivity index (χ1n) is 5.37. The lowest BCUT2D eigenvalue weighted by atomic mass is 10.2. The van der Waals surface area contributed by atoms with Gasteiger partial charge in [0.2, 0.25) is 0 Å². The number of halogens is 1. The van der Waals surface area contributed by atoms with E-state index in [1.54, 1.807) is 6.07 Å². The molecular weight excluding hydrogens is 328 g/mol. The van der Waals surface area contributed by atoms with Gasteiger partial charge in [0.05, 0.1) is 24.6 Å². The number of methoxy groups -OCH3 is 1. The molecular formula is C13H11BrN2O2S. The Labute approximate surface area is 123 Å². The Balaban J connectivity index is 2.26. The number of hydrogen-bond acceptors (Lipinski definition) is 5. The van der Waals surface area contributed by atoms with Crippen LogP contribution in [0, 0.1) is 0 Å². The summed E-state index contributed by atoms with van der Waals surface area (Å²) in [6.07, 6.45) is 1.47. The average Bonchev–Trinajstić information content (AvgIpc) is 2.42. The third-order valence-corrected chi connectivity index (χ3v) is 3.82. The van der Waals surface area contributed by atoms with E-state index in [-0.39, 0.29) is 0 Å². The van der Waals surface area contributed by atoms with E-state index in [9.17, 15) is 4.79 Å². The van der Waals surface area contributed by atoms with E-state index < -0.39 is 5.97 Å². The molecule has 98 valence electrons. The summed E-state index contributed by atoms with van der Waals surface area (Å²) in [4.78, 5) is 16.8. The summed E-state index contributed by atoms with van der Waals surface area (Å²) in [5.41, 5.74) is 6.34. The zero-order chi connectivity index (χ0) is 13.8. The van der Waals surface area contributed by atoms with Gasteiger partial charge >= 0.3 is 5.97 Å². The lowest BCUT2D eigenvalue weighted by molar-refractivity contribution is 0.0601. The quantitative estimate of drug-likeness (QED) is 0.869. The number of anilines is 1. The molecule has 2 aromatic rings. The van der Waals surface area contributed by atoms with Crippen molar-refractivity contribution in [2.75, 3.05) is 12.8 Å². The van der Waals surface area contributed by atoms with Crippen molar-refractivity contribution in [3.05, 3.63) is 46.6 Å². The van der Waals surface area contributed by atoms with Crippen LogP contribution in [0.5, 0.6) is 0 Å². The third kappa shape index (κ3) is 3.48. The number of benzene rings is 1. The normalized spacial score (nSPS) is 10.2. The highest BCUT2D eigenvalue weighted by molar-refractivity contribution is 9.10. The van der Waals surface area contributed by atoms with Crippen molar-refractivity contribution in [2.24, 2.45) is 0 Å². The predicted molar refractivity (Wildman–Crippen MR) is 78.3 cm³/mol. The van der Waals surface area contributed by atoms with Crippen LogP contribution in [0.15, 0.2) is 50.9 Å². The monoisotopic (exact) mass is 338 g/mol. The number of hydrogen-bond donors (Lipinski definition) is 1. The topological polar surface area (TPSA) is 65.2 Å². The molecule has 1 aromatic carbocycles. The van der Waals surface area contributed by atoms with E-state index in [0.717, 1.165) is 9.37 Å². The Bertz CT molecular complexity index is 602. The van der Waals surface area contributed by atoms with Gasteiger partial charge in [-0.2, -0.15) is 0 Å². The summed E-state index contributed by atoms with van der Waals surface area (Å²) in [6.45, 7) is 0. The third-order valence-electron chi connectivity index (χ3n) is 2.35. The number of nitrogen functional groups attached to an aromatic ring is 1. The van der Waals surface area contributed by atoms with E-state index in [0.29, 0.717) is 16.3 Å². The van der Waals surface area contributed by atoms with Gasteiger partial charge in [-0.05, 0) is 30.3 Å². The summed E-state index contributed by atoms with van der Waals surface area (Å²) in [5.74, 6) is -0.461. The van der Waals surface area contributed by atoms with Crippen molar-refractivity contribution in [3.63, 3.8) is 0 Å². The molecule has 0 aliphatic heterocycles. The minimum Gasteiger partial charge on any atom is -0.465 e. The van der Waals surface area contributed by atoms with Crippen LogP contribution in [0.2, 0.25) is 0 Å². The Morgan fingerprint density at radius 3 is 2.68 bits per heavy atom. The maximum atomic E-state index is 11.5. The number of nitrogens with zero attached hydrogens (tertiary/aromatic N) is 1. The molecule has 2 N–H and O–H groups in total. The van der Waals surface area contributed by atoms with Crippen LogP contribution in [-0.2, 0) is 4.74 Å². The molecule has 1 aromatic heterocycles. The van der Waals surface area contributed by atoms with Crippen molar-refractivity contribution in [2.45, 2.75) is 9.92 Å². The molecule has 0 fully saturated rings. The lowest BCUT2D eigenvalue weighted by Crippen LogP contribution is -2.06. The SMILES string of the molecule is COC(=O)c1cc(Sc2ccc(Br)cc2)ncc1N. The molecule has 0 aliphatic carbocycles. The first-order valence-corrected chi connectivity index (χ1v) is 6.98. The second-order valence-corrected chi connectivity index (χ2v) is 5.67. The zero-order valence-corrected chi connectivity index (χ0v) is 12.5. The van der Waals surface area contributed by atoms with Crippen LogP contribution in [0.4, 0.5) is 5.69 Å². The standard InChI is InChI=1S/C13H11BrN2O2S/c1-18-13(17)10-6-12(16-7-11(10)15)19-9-4-2-8(14)3-5-9/h2-7H,15H2,1H3. The van der Waals surface area contributed by atoms with Crippen LogP contribution in [0.25, 0.3) is 0 Å². The van der Waals surface area contributed by atoms with Gasteiger partial charge in [-0.1, -0.05) is 27.7 Å². The molecule has 1 heterocycles. The van der Waals surface area contributed by atoms with Gasteiger partial charge in [0.25, 0.3) is 0 Å². The molecule has 19 heavy (non-hydrogen) atoms. The van der Waals surface area contributed by atoms with Crippen LogP contribution in [0.1, 0.15) is 10.4 Å². The Morgan fingerprint density at radius 2 is 2.05 bits per heavy atom. The van der Waals surface area contributed by atoms with Crippen LogP contribution < -0.4 is 5.73 Å². The molecule has 0 saturated heterocycles. The van der Waals surface area contributed by atoms with Gasteiger partial charge in [0, 0.05) is 9.37 Å². The van der Waals surface area contributed by atoms with Crippen molar-refractivity contribution in [3.8, 4) is 0 Å². The molecule has 0 saturated carbocycles. The summed E-state index contributed by atoms with van der Waals surface area (Å²) in [7, 11) is 1.32. The first-order chi connectivity index (χ1) is 9.10. The summed E-state index contributed by atoms with van der Waals surface area (Å²) < 4.78 is 5.69. The molecule has 4 nitrogen and oxygen atoms in total. The Hall–Kier alpha value is -1.53. The maximum Gasteiger partial charge on any atom is 0.340 e. The number of esters is 1. The summed E-state index contributed by atoms with van der Waals surface area (Å²) >= 11 is 4.83. The van der Waals surface area contributed by atoms with Gasteiger partial charge in [-0.3, -0.25) is 0 Å². The number of ether oxygens (including phenoxy) is 1. The van der Waals surface area contributed by atoms with E-state index >= 15 is 0 Å². The summed E-state index contributed by atoms with van der Waals surface area (Å²) in [5, 5.41) is 0.692. The van der Waals surface area contributed by atoms with E-state index in [1.807, 2.05) is 24.3 Å². The fourth-order valence-corrected chi connectivity index (χ4v) is 2.47. The minimum atomic E-state index is -0.461. The van der Waals surface area contributed by atoms with Crippen LogP contribution in [-0.4, -0.2) is 18.1 Å². The molecule has 0 aliphatic rings. The fourth-order valence-electron chi connectivity index (χ4n) is 1.41. The number of carbonyl (C=O) groups is 1. The Morgan fingerprint density at radius 1 is 1.37 bits per heavy atom. The van der Waals surface area contributed by atoms with Crippen LogP contribution in [0.3, 0.4) is 0 Å². The highest BCUT2D eigenvalue weighted by Gasteiger charge is 2.12. The number of rotatable bonds is 3. The predicted octanol–water partition coefficient (Wildman–Crippen LogP) is 3.36. The second-order valence-electron chi connectivity index (χ2n) is 3.66. The number of carbonyl (C=O) groups excluding carboxylic acids is 1. The first kappa shape index (κ1) is 13.9. The van der Waals surface area contributed by atoms with Crippen molar-refractivity contribution >= 4 is 39.3 Å². The molecule has 0 amide bonds. The number of aromatic nitrogens is 1. The number of pyridine rings is 1. The highest BCUT2D eigenvalue weighted by atomic mass is 79.9. The average molecular weight is 339 g/mol. The van der Waals surface area contributed by atoms with Crippen molar-refractivity contribution < 1.29 is 9.53 Å². The molecule has 0 bridgehead atoms. The van der Waals surface area contributed by atoms with E-state index in [1.165, 1.54) is 25.1 Å². The number of nitrogens with two attached hydrogens (primary N) is 1. The molecule has 0 unspecified atom stereocenters. The smallest absolute Gasteiger partial charge is 0.340 e. The van der Waals surface area contributed by atoms with Gasteiger partial charge in [0.1, 0.15) is 5.03 Å².